The molecule has 110 valence electrons. The first-order valence-electron chi connectivity index (χ1n) is 6.47. The topological polar surface area (TPSA) is 45.1 Å². The van der Waals surface area contributed by atoms with Crippen molar-refractivity contribution in [3.05, 3.63) is 39.9 Å². The van der Waals surface area contributed by atoms with E-state index in [0.29, 0.717) is 15.6 Å². The van der Waals surface area contributed by atoms with E-state index in [1.54, 1.807) is 12.1 Å². The SMILES string of the molecule is CON(C(=O)C1=C(C)N2CCN=C2S1)c1ccccc1Cl. The lowest BCUT2D eigenvalue weighted by molar-refractivity contribution is -0.120. The molecule has 0 N–H and O–H groups in total. The third kappa shape index (κ3) is 2.43. The van der Waals surface area contributed by atoms with Crippen molar-refractivity contribution in [2.24, 2.45) is 4.99 Å². The van der Waals surface area contributed by atoms with Gasteiger partial charge in [-0.25, -0.2) is 0 Å². The molecule has 0 aromatic heterocycles. The number of benzene rings is 1. The van der Waals surface area contributed by atoms with Crippen LogP contribution in [0.1, 0.15) is 6.92 Å². The molecule has 0 fully saturated rings. The summed E-state index contributed by atoms with van der Waals surface area (Å²) in [5.74, 6) is -0.231. The molecule has 2 heterocycles. The van der Waals surface area contributed by atoms with Crippen LogP contribution in [0.15, 0.2) is 39.9 Å². The Morgan fingerprint density at radius 2 is 2.24 bits per heavy atom. The van der Waals surface area contributed by atoms with Gasteiger partial charge in [0.1, 0.15) is 4.91 Å². The second kappa shape index (κ2) is 5.71. The number of amidine groups is 1. The average molecular weight is 324 g/mol. The first-order chi connectivity index (χ1) is 10.1. The van der Waals surface area contributed by atoms with Crippen LogP contribution in [0.4, 0.5) is 5.69 Å². The molecule has 7 heteroatoms. The van der Waals surface area contributed by atoms with Gasteiger partial charge in [-0.3, -0.25) is 14.6 Å². The molecule has 5 nitrogen and oxygen atoms in total. The smallest absolute Gasteiger partial charge is 0.290 e. The van der Waals surface area contributed by atoms with Gasteiger partial charge in [0, 0.05) is 12.2 Å². The number of para-hydroxylation sites is 1. The number of aliphatic imine (C=N–C) groups is 1. The molecule has 2 aliphatic rings. The van der Waals surface area contributed by atoms with E-state index in [1.807, 2.05) is 19.1 Å². The number of fused-ring (bicyclic) bond motifs is 1. The first-order valence-corrected chi connectivity index (χ1v) is 7.66. The van der Waals surface area contributed by atoms with E-state index < -0.39 is 0 Å². The Balaban J connectivity index is 1.92. The van der Waals surface area contributed by atoms with Gasteiger partial charge in [0.15, 0.2) is 5.17 Å². The Kier molecular flexibility index (Phi) is 3.93. The van der Waals surface area contributed by atoms with Gasteiger partial charge < -0.3 is 4.90 Å². The number of thioether (sulfide) groups is 1. The maximum atomic E-state index is 12.8. The molecular weight excluding hydrogens is 310 g/mol. The predicted octanol–water partition coefficient (Wildman–Crippen LogP) is 2.88. The van der Waals surface area contributed by atoms with E-state index in [0.717, 1.165) is 24.0 Å². The fraction of sp³-hybridized carbons (Fsp3) is 0.286. The van der Waals surface area contributed by atoms with E-state index >= 15 is 0 Å². The number of carbonyl (C=O) groups excluding carboxylic acids is 1. The molecule has 0 bridgehead atoms. The Hall–Kier alpha value is -1.50. The summed E-state index contributed by atoms with van der Waals surface area (Å²) in [4.78, 5) is 25.1. The summed E-state index contributed by atoms with van der Waals surface area (Å²) in [6.07, 6.45) is 0. The van der Waals surface area contributed by atoms with Crippen LogP contribution < -0.4 is 5.06 Å². The minimum absolute atomic E-state index is 0.231. The summed E-state index contributed by atoms with van der Waals surface area (Å²) in [6.45, 7) is 3.53. The molecule has 1 aromatic rings. The summed E-state index contributed by atoms with van der Waals surface area (Å²) in [5.41, 5.74) is 1.44. The van der Waals surface area contributed by atoms with Gasteiger partial charge in [-0.15, -0.1) is 0 Å². The lowest BCUT2D eigenvalue weighted by atomic mass is 10.3. The molecule has 0 saturated carbocycles. The number of nitrogens with zero attached hydrogens (tertiary/aromatic N) is 3. The second-order valence-corrected chi connectivity index (χ2v) is 5.95. The van der Waals surface area contributed by atoms with Crippen LogP contribution >= 0.6 is 23.4 Å². The summed E-state index contributed by atoms with van der Waals surface area (Å²) in [6, 6.07) is 7.09. The number of hydrogen-bond donors (Lipinski definition) is 0. The lowest BCUT2D eigenvalue weighted by Gasteiger charge is -2.21. The third-order valence-corrected chi connectivity index (χ3v) is 4.89. The maximum Gasteiger partial charge on any atom is 0.290 e. The number of amides is 1. The Morgan fingerprint density at radius 3 is 2.90 bits per heavy atom. The molecule has 3 rings (SSSR count). The molecular formula is C14H14ClN3O2S. The number of hydroxylamine groups is 1. The third-order valence-electron chi connectivity index (χ3n) is 3.36. The van der Waals surface area contributed by atoms with Crippen molar-refractivity contribution in [3.8, 4) is 0 Å². The van der Waals surface area contributed by atoms with Gasteiger partial charge in [0.25, 0.3) is 5.91 Å². The first kappa shape index (κ1) is 14.4. The van der Waals surface area contributed by atoms with Gasteiger partial charge >= 0.3 is 0 Å². The minimum atomic E-state index is -0.231. The summed E-state index contributed by atoms with van der Waals surface area (Å²) in [5, 5.41) is 2.56. The lowest BCUT2D eigenvalue weighted by Crippen LogP contribution is -2.31. The van der Waals surface area contributed by atoms with Crippen molar-refractivity contribution in [1.82, 2.24) is 4.90 Å². The normalized spacial score (nSPS) is 17.1. The molecule has 0 radical (unpaired) electrons. The molecule has 1 amide bonds. The number of allylic oxidation sites excluding steroid dienone is 1. The standard InChI is InChI=1S/C14H14ClN3O2S/c1-9-12(21-14-16-7-8-17(9)14)13(19)18(20-2)11-6-4-3-5-10(11)15/h3-6H,7-8H2,1-2H3. The zero-order valence-corrected chi connectivity index (χ0v) is 13.2. The minimum Gasteiger partial charge on any atom is -0.322 e. The maximum absolute atomic E-state index is 12.8. The molecule has 21 heavy (non-hydrogen) atoms. The zero-order chi connectivity index (χ0) is 15.0. The van der Waals surface area contributed by atoms with Crippen molar-refractivity contribution < 1.29 is 9.63 Å². The van der Waals surface area contributed by atoms with E-state index in [1.165, 1.54) is 23.9 Å². The molecule has 0 spiro atoms. The van der Waals surface area contributed by atoms with Gasteiger partial charge in [0.05, 0.1) is 24.4 Å². The van der Waals surface area contributed by atoms with Crippen molar-refractivity contribution >= 4 is 40.1 Å². The summed E-state index contributed by atoms with van der Waals surface area (Å²) in [7, 11) is 1.45. The summed E-state index contributed by atoms with van der Waals surface area (Å²) < 4.78 is 0. The van der Waals surface area contributed by atoms with Crippen molar-refractivity contribution in [2.75, 3.05) is 25.3 Å². The highest BCUT2D eigenvalue weighted by atomic mass is 35.5. The fourth-order valence-corrected chi connectivity index (χ4v) is 3.63. The molecule has 0 aliphatic carbocycles. The molecule has 0 atom stereocenters. The number of rotatable bonds is 3. The Bertz CT molecular complexity index is 659. The fourth-order valence-electron chi connectivity index (χ4n) is 2.31. The van der Waals surface area contributed by atoms with Crippen LogP contribution in [-0.2, 0) is 9.63 Å². The van der Waals surface area contributed by atoms with Gasteiger partial charge in [-0.1, -0.05) is 23.7 Å². The number of halogens is 1. The van der Waals surface area contributed by atoms with E-state index in [4.69, 9.17) is 16.4 Å². The summed E-state index contributed by atoms with van der Waals surface area (Å²) >= 11 is 7.53. The molecule has 0 saturated heterocycles. The molecule has 2 aliphatic heterocycles. The second-order valence-electron chi connectivity index (χ2n) is 4.57. The highest BCUT2D eigenvalue weighted by molar-refractivity contribution is 8.18. The average Bonchev–Trinajstić information content (AvgIpc) is 3.05. The van der Waals surface area contributed by atoms with Gasteiger partial charge in [-0.05, 0) is 30.8 Å². The number of carbonyl (C=O) groups is 1. The highest BCUT2D eigenvalue weighted by Crippen LogP contribution is 2.38. The van der Waals surface area contributed by atoms with Gasteiger partial charge in [0.2, 0.25) is 0 Å². The predicted molar refractivity (Wildman–Crippen MR) is 85.2 cm³/mol. The van der Waals surface area contributed by atoms with Crippen LogP contribution in [0, 0.1) is 0 Å². The van der Waals surface area contributed by atoms with Crippen LogP contribution in [0.2, 0.25) is 5.02 Å². The Morgan fingerprint density at radius 1 is 1.48 bits per heavy atom. The van der Waals surface area contributed by atoms with E-state index in [2.05, 4.69) is 9.89 Å². The largest absolute Gasteiger partial charge is 0.322 e. The number of anilines is 1. The van der Waals surface area contributed by atoms with E-state index in [9.17, 15) is 4.79 Å². The van der Waals surface area contributed by atoms with Crippen molar-refractivity contribution in [3.63, 3.8) is 0 Å². The van der Waals surface area contributed by atoms with Crippen molar-refractivity contribution in [2.45, 2.75) is 6.92 Å². The zero-order valence-electron chi connectivity index (χ0n) is 11.7. The Labute approximate surface area is 132 Å². The monoisotopic (exact) mass is 323 g/mol. The van der Waals surface area contributed by atoms with Crippen LogP contribution in [0.5, 0.6) is 0 Å². The van der Waals surface area contributed by atoms with Crippen LogP contribution in [0.25, 0.3) is 0 Å². The van der Waals surface area contributed by atoms with E-state index in [-0.39, 0.29) is 5.91 Å². The van der Waals surface area contributed by atoms with Crippen LogP contribution in [0.3, 0.4) is 0 Å². The molecule has 0 unspecified atom stereocenters. The van der Waals surface area contributed by atoms with Gasteiger partial charge in [-0.2, -0.15) is 5.06 Å². The van der Waals surface area contributed by atoms with Crippen LogP contribution in [-0.4, -0.2) is 36.2 Å². The molecule has 1 aromatic carbocycles. The van der Waals surface area contributed by atoms with Crippen molar-refractivity contribution in [1.29, 1.82) is 0 Å². The quantitative estimate of drug-likeness (QED) is 0.802. The highest BCUT2D eigenvalue weighted by Gasteiger charge is 2.35. The number of hydrogen-bond acceptors (Lipinski definition) is 5.